The number of aliphatic hydroxyl groups excluding tert-OH is 1. The maximum Gasteiger partial charge on any atom is 0.156 e. The van der Waals surface area contributed by atoms with E-state index in [9.17, 15) is 0 Å². The van der Waals surface area contributed by atoms with Gasteiger partial charge in [0.1, 0.15) is 17.5 Å². The number of hydrogen-bond acceptors (Lipinski definition) is 7. The van der Waals surface area contributed by atoms with E-state index in [-0.39, 0.29) is 18.8 Å². The third kappa shape index (κ3) is 5.73. The summed E-state index contributed by atoms with van der Waals surface area (Å²) in [6.07, 6.45) is 4.59. The van der Waals surface area contributed by atoms with Crippen molar-refractivity contribution in [1.29, 1.82) is 0 Å². The SMILES string of the molecule is ClC[C@H]1CC(c2ccc(Br)cn2)=NO1.OC[C@H]1CC(c2ccc(Br)cn2)=NO1. The van der Waals surface area contributed by atoms with Gasteiger partial charge in [0.25, 0.3) is 0 Å². The monoisotopic (exact) mass is 530 g/mol. The van der Waals surface area contributed by atoms with Crippen LogP contribution in [0.25, 0.3) is 0 Å². The van der Waals surface area contributed by atoms with Crippen LogP contribution in [-0.2, 0) is 9.68 Å². The lowest BCUT2D eigenvalue weighted by Gasteiger charge is -2.01. The second kappa shape index (κ2) is 10.3. The summed E-state index contributed by atoms with van der Waals surface area (Å²) in [6.45, 7) is -0.0104. The third-order valence-corrected chi connectivity index (χ3v) is 5.17. The number of rotatable bonds is 4. The van der Waals surface area contributed by atoms with Gasteiger partial charge in [0, 0.05) is 34.2 Å². The quantitative estimate of drug-likeness (QED) is 0.604. The minimum atomic E-state index is -0.213. The Bertz CT molecular complexity index is 775. The molecule has 0 radical (unpaired) electrons. The Balaban J connectivity index is 0.000000161. The van der Waals surface area contributed by atoms with E-state index in [1.807, 2.05) is 24.3 Å². The first-order valence-corrected chi connectivity index (χ1v) is 10.6. The Hall–Kier alpha value is -1.55. The highest BCUT2D eigenvalue weighted by molar-refractivity contribution is 9.10. The fourth-order valence-corrected chi connectivity index (χ4v) is 3.07. The first-order valence-electron chi connectivity index (χ1n) is 8.45. The molecule has 0 saturated carbocycles. The fourth-order valence-electron chi connectivity index (χ4n) is 2.43. The van der Waals surface area contributed by atoms with Crippen LogP contribution in [0.3, 0.4) is 0 Å². The van der Waals surface area contributed by atoms with Crippen LogP contribution in [0.2, 0.25) is 0 Å². The lowest BCUT2D eigenvalue weighted by molar-refractivity contribution is 0.0390. The lowest BCUT2D eigenvalue weighted by Crippen LogP contribution is -2.13. The van der Waals surface area contributed by atoms with Gasteiger partial charge in [0.05, 0.1) is 23.9 Å². The molecule has 7 nitrogen and oxygen atoms in total. The van der Waals surface area contributed by atoms with Gasteiger partial charge in [-0.1, -0.05) is 10.3 Å². The van der Waals surface area contributed by atoms with E-state index in [2.05, 4.69) is 52.1 Å². The van der Waals surface area contributed by atoms with Crippen LogP contribution in [0, 0.1) is 0 Å². The van der Waals surface area contributed by atoms with Crippen LogP contribution in [-0.4, -0.2) is 51.2 Å². The van der Waals surface area contributed by atoms with E-state index in [0.29, 0.717) is 12.3 Å². The van der Waals surface area contributed by atoms with Crippen LogP contribution in [0.1, 0.15) is 24.2 Å². The van der Waals surface area contributed by atoms with Crippen molar-refractivity contribution in [1.82, 2.24) is 9.97 Å². The van der Waals surface area contributed by atoms with E-state index in [1.165, 1.54) is 0 Å². The molecule has 0 spiro atoms. The Morgan fingerprint density at radius 2 is 1.39 bits per heavy atom. The Morgan fingerprint density at radius 1 is 0.893 bits per heavy atom. The topological polar surface area (TPSA) is 89.2 Å². The van der Waals surface area contributed by atoms with Crippen LogP contribution >= 0.6 is 43.5 Å². The van der Waals surface area contributed by atoms with Gasteiger partial charge in [-0.3, -0.25) is 9.97 Å². The summed E-state index contributed by atoms with van der Waals surface area (Å²) in [5.74, 6) is 0.462. The largest absolute Gasteiger partial charge is 0.392 e. The fraction of sp³-hybridized carbons (Fsp3) is 0.333. The molecule has 0 bridgehead atoms. The van der Waals surface area contributed by atoms with Gasteiger partial charge in [0.15, 0.2) is 6.10 Å². The molecule has 0 amide bonds. The normalized spacial score (nSPS) is 20.4. The average molecular weight is 533 g/mol. The summed E-state index contributed by atoms with van der Waals surface area (Å²) >= 11 is 12.3. The number of pyridine rings is 2. The molecule has 0 saturated heterocycles. The van der Waals surface area contributed by atoms with E-state index in [4.69, 9.17) is 26.4 Å². The average Bonchev–Trinajstić information content (AvgIpc) is 3.39. The number of halogens is 3. The molecule has 0 unspecified atom stereocenters. The number of nitrogens with zero attached hydrogens (tertiary/aromatic N) is 4. The van der Waals surface area contributed by atoms with E-state index >= 15 is 0 Å². The lowest BCUT2D eigenvalue weighted by atomic mass is 10.1. The Morgan fingerprint density at radius 3 is 1.75 bits per heavy atom. The molecule has 0 aromatic carbocycles. The summed E-state index contributed by atoms with van der Waals surface area (Å²) in [6, 6.07) is 7.60. The van der Waals surface area contributed by atoms with Crippen LogP contribution < -0.4 is 0 Å². The van der Waals surface area contributed by atoms with E-state index in [0.717, 1.165) is 38.2 Å². The molecule has 1 N–H and O–H groups in total. The predicted molar refractivity (Wildman–Crippen MR) is 114 cm³/mol. The molecule has 28 heavy (non-hydrogen) atoms. The second-order valence-electron chi connectivity index (χ2n) is 6.00. The molecule has 0 aliphatic carbocycles. The van der Waals surface area contributed by atoms with Gasteiger partial charge in [-0.15, -0.1) is 11.6 Å². The molecule has 2 atom stereocenters. The molecule has 10 heteroatoms. The van der Waals surface area contributed by atoms with Crippen molar-refractivity contribution in [3.8, 4) is 0 Å². The van der Waals surface area contributed by atoms with Crippen molar-refractivity contribution in [2.75, 3.05) is 12.5 Å². The predicted octanol–water partition coefficient (Wildman–Crippen LogP) is 3.91. The first kappa shape index (κ1) is 21.2. The van der Waals surface area contributed by atoms with Crippen molar-refractivity contribution >= 4 is 54.9 Å². The number of alkyl halides is 1. The Kier molecular flexibility index (Phi) is 7.78. The maximum atomic E-state index is 8.85. The van der Waals surface area contributed by atoms with E-state index < -0.39 is 0 Å². The molecular formula is C18H17Br2ClN4O3. The molecular weight excluding hydrogens is 515 g/mol. The van der Waals surface area contributed by atoms with Crippen LogP contribution in [0.15, 0.2) is 55.9 Å². The second-order valence-corrected chi connectivity index (χ2v) is 8.14. The molecule has 148 valence electrons. The maximum absolute atomic E-state index is 8.85. The standard InChI is InChI=1S/C9H8BrClN2O.C9H9BrN2O2/c10-6-1-2-8(12-5-6)9-3-7(4-11)14-13-9;10-6-1-2-8(11-4-6)9-3-7(5-13)14-12-9/h1-2,5,7H,3-4H2;1-2,4,7,13H,3,5H2/t2*7-/m11/s1. The number of hydrogen-bond donors (Lipinski definition) is 1. The van der Waals surface area contributed by atoms with Gasteiger partial charge in [-0.05, 0) is 56.1 Å². The smallest absolute Gasteiger partial charge is 0.156 e. The van der Waals surface area contributed by atoms with Gasteiger partial charge < -0.3 is 14.8 Å². The molecule has 2 aliphatic rings. The first-order chi connectivity index (χ1) is 13.6. The molecule has 4 heterocycles. The summed E-state index contributed by atoms with van der Waals surface area (Å²) in [5.41, 5.74) is 3.30. The number of aliphatic hydroxyl groups is 1. The van der Waals surface area contributed by atoms with Crippen LogP contribution in [0.4, 0.5) is 0 Å². The van der Waals surface area contributed by atoms with Gasteiger partial charge in [0.2, 0.25) is 0 Å². The molecule has 0 fully saturated rings. The minimum absolute atomic E-state index is 0.00267. The van der Waals surface area contributed by atoms with Crippen molar-refractivity contribution in [2.45, 2.75) is 25.0 Å². The Labute approximate surface area is 184 Å². The zero-order chi connectivity index (χ0) is 19.9. The molecule has 2 aromatic heterocycles. The van der Waals surface area contributed by atoms with Crippen molar-refractivity contribution in [2.24, 2.45) is 10.3 Å². The van der Waals surface area contributed by atoms with E-state index in [1.54, 1.807) is 12.4 Å². The van der Waals surface area contributed by atoms with Gasteiger partial charge in [-0.2, -0.15) is 0 Å². The molecule has 2 aliphatic heterocycles. The van der Waals surface area contributed by atoms with Crippen LogP contribution in [0.5, 0.6) is 0 Å². The van der Waals surface area contributed by atoms with Gasteiger partial charge >= 0.3 is 0 Å². The minimum Gasteiger partial charge on any atom is -0.392 e. The highest BCUT2D eigenvalue weighted by atomic mass is 79.9. The number of oxime groups is 2. The molecule has 4 rings (SSSR count). The number of aromatic nitrogens is 2. The third-order valence-electron chi connectivity index (χ3n) is 3.89. The van der Waals surface area contributed by atoms with Crippen molar-refractivity contribution in [3.63, 3.8) is 0 Å². The van der Waals surface area contributed by atoms with Crippen molar-refractivity contribution < 1.29 is 14.8 Å². The summed E-state index contributed by atoms with van der Waals surface area (Å²) < 4.78 is 1.88. The summed E-state index contributed by atoms with van der Waals surface area (Å²) in [5, 5.41) is 16.7. The van der Waals surface area contributed by atoms with Gasteiger partial charge in [-0.25, -0.2) is 0 Å². The van der Waals surface area contributed by atoms with Crippen molar-refractivity contribution in [3.05, 3.63) is 57.0 Å². The molecule has 2 aromatic rings. The highest BCUT2D eigenvalue weighted by Crippen LogP contribution is 2.18. The summed E-state index contributed by atoms with van der Waals surface area (Å²) in [7, 11) is 0. The summed E-state index contributed by atoms with van der Waals surface area (Å²) in [4.78, 5) is 18.5. The zero-order valence-electron chi connectivity index (χ0n) is 14.6. The zero-order valence-corrected chi connectivity index (χ0v) is 18.6. The highest BCUT2D eigenvalue weighted by Gasteiger charge is 2.22.